The van der Waals surface area contributed by atoms with Gasteiger partial charge in [0.05, 0.1) is 18.1 Å². The van der Waals surface area contributed by atoms with Gasteiger partial charge in [0.1, 0.15) is 6.26 Å². The molecule has 0 aliphatic carbocycles. The van der Waals surface area contributed by atoms with E-state index in [0.717, 1.165) is 11.3 Å². The fourth-order valence-electron chi connectivity index (χ4n) is 1.65. The van der Waals surface area contributed by atoms with Crippen LogP contribution in [-0.2, 0) is 0 Å². The summed E-state index contributed by atoms with van der Waals surface area (Å²) in [6, 6.07) is 8.26. The fourth-order valence-corrected chi connectivity index (χ4v) is 1.65. The molecule has 0 radical (unpaired) electrons. The quantitative estimate of drug-likeness (QED) is 0.729. The Bertz CT molecular complexity index is 608. The van der Waals surface area contributed by atoms with E-state index < -0.39 is 0 Å². The monoisotopic (exact) mass is 225 g/mol. The van der Waals surface area contributed by atoms with Crippen LogP contribution in [-0.4, -0.2) is 15.0 Å². The van der Waals surface area contributed by atoms with Crippen LogP contribution in [0.2, 0.25) is 0 Å². The van der Waals surface area contributed by atoms with Crippen molar-refractivity contribution < 1.29 is 4.42 Å². The second-order valence-electron chi connectivity index (χ2n) is 3.85. The van der Waals surface area contributed by atoms with Gasteiger partial charge in [-0.15, -0.1) is 0 Å². The highest BCUT2D eigenvalue weighted by atomic mass is 16.3. The molecule has 2 aromatic heterocycles. The maximum atomic E-state index is 5.18. The van der Waals surface area contributed by atoms with Crippen molar-refractivity contribution in [1.82, 2.24) is 15.0 Å². The highest BCUT2D eigenvalue weighted by Gasteiger charge is 2.08. The molecule has 0 fully saturated rings. The first-order valence-corrected chi connectivity index (χ1v) is 5.35. The van der Waals surface area contributed by atoms with Crippen molar-refractivity contribution in [1.29, 1.82) is 0 Å². The van der Waals surface area contributed by atoms with Crippen molar-refractivity contribution in [3.63, 3.8) is 0 Å². The normalized spacial score (nSPS) is 10.6. The van der Waals surface area contributed by atoms with Crippen molar-refractivity contribution in [3.8, 4) is 23.0 Å². The minimum Gasteiger partial charge on any atom is -0.442 e. The Hall–Kier alpha value is -2.36. The van der Waals surface area contributed by atoms with Crippen LogP contribution in [0.5, 0.6) is 0 Å². The summed E-state index contributed by atoms with van der Waals surface area (Å²) in [5.41, 5.74) is 3.29. The molecule has 0 aliphatic rings. The largest absolute Gasteiger partial charge is 0.442 e. The summed E-state index contributed by atoms with van der Waals surface area (Å²) in [5, 5.41) is 0. The molecular weight excluding hydrogens is 214 g/mol. The van der Waals surface area contributed by atoms with Crippen LogP contribution in [0, 0.1) is 6.92 Å². The summed E-state index contributed by atoms with van der Waals surface area (Å²) in [6.07, 6.45) is 4.91. The van der Waals surface area contributed by atoms with E-state index in [1.54, 1.807) is 12.4 Å². The molecule has 84 valence electrons. The molecular formula is C13H11N3O. The molecule has 3 aromatic rings. The zero-order chi connectivity index (χ0) is 11.7. The molecule has 4 nitrogen and oxygen atoms in total. The lowest BCUT2D eigenvalue weighted by atomic mass is 10.1. The van der Waals surface area contributed by atoms with E-state index in [9.17, 15) is 0 Å². The van der Waals surface area contributed by atoms with Crippen molar-refractivity contribution in [2.24, 2.45) is 0 Å². The minimum atomic E-state index is 0.503. The third-order valence-electron chi connectivity index (χ3n) is 2.57. The van der Waals surface area contributed by atoms with Gasteiger partial charge in [0.25, 0.3) is 5.89 Å². The summed E-state index contributed by atoms with van der Waals surface area (Å²) in [4.78, 5) is 11.5. The Morgan fingerprint density at radius 2 is 1.94 bits per heavy atom. The number of aromatic amines is 1. The summed E-state index contributed by atoms with van der Waals surface area (Å²) < 4.78 is 5.18. The van der Waals surface area contributed by atoms with E-state index in [0.29, 0.717) is 11.7 Å². The second kappa shape index (κ2) is 3.90. The lowest BCUT2D eigenvalue weighted by molar-refractivity contribution is 0.570. The number of aromatic nitrogens is 3. The van der Waals surface area contributed by atoms with Gasteiger partial charge in [0, 0.05) is 0 Å². The van der Waals surface area contributed by atoms with Crippen LogP contribution in [0.15, 0.2) is 47.3 Å². The number of hydrogen-bond acceptors (Lipinski definition) is 3. The van der Waals surface area contributed by atoms with Gasteiger partial charge in [0.15, 0.2) is 5.82 Å². The molecule has 0 saturated heterocycles. The molecule has 0 atom stereocenters. The number of nitrogens with zero attached hydrogens (tertiary/aromatic N) is 2. The SMILES string of the molecule is Cc1ccc(-c2cnc(-c3ncco3)[nH]2)cc1. The lowest BCUT2D eigenvalue weighted by Crippen LogP contribution is -1.81. The van der Waals surface area contributed by atoms with Crippen LogP contribution >= 0.6 is 0 Å². The van der Waals surface area contributed by atoms with Gasteiger partial charge in [-0.2, -0.15) is 0 Å². The molecule has 0 unspecified atom stereocenters. The first-order chi connectivity index (χ1) is 8.33. The predicted octanol–water partition coefficient (Wildman–Crippen LogP) is 3.04. The number of aryl methyl sites for hydroxylation is 1. The van der Waals surface area contributed by atoms with E-state index in [2.05, 4.69) is 46.1 Å². The van der Waals surface area contributed by atoms with Gasteiger partial charge < -0.3 is 9.40 Å². The van der Waals surface area contributed by atoms with Crippen molar-refractivity contribution in [3.05, 3.63) is 48.5 Å². The zero-order valence-corrected chi connectivity index (χ0v) is 9.34. The third-order valence-corrected chi connectivity index (χ3v) is 2.57. The maximum Gasteiger partial charge on any atom is 0.262 e. The number of imidazole rings is 1. The van der Waals surface area contributed by atoms with E-state index in [1.807, 2.05) is 0 Å². The van der Waals surface area contributed by atoms with Crippen molar-refractivity contribution >= 4 is 0 Å². The van der Waals surface area contributed by atoms with Crippen LogP contribution in [0.1, 0.15) is 5.56 Å². The molecule has 4 heteroatoms. The van der Waals surface area contributed by atoms with Crippen LogP contribution in [0.25, 0.3) is 23.0 Å². The summed E-state index contributed by atoms with van der Waals surface area (Å²) in [6.45, 7) is 2.06. The van der Waals surface area contributed by atoms with E-state index in [1.165, 1.54) is 11.8 Å². The number of hydrogen-bond donors (Lipinski definition) is 1. The maximum absolute atomic E-state index is 5.18. The van der Waals surface area contributed by atoms with Gasteiger partial charge in [-0.3, -0.25) is 0 Å². The zero-order valence-electron chi connectivity index (χ0n) is 9.34. The van der Waals surface area contributed by atoms with Crippen LogP contribution in [0.3, 0.4) is 0 Å². The smallest absolute Gasteiger partial charge is 0.262 e. The van der Waals surface area contributed by atoms with Gasteiger partial charge in [0.2, 0.25) is 0 Å². The Morgan fingerprint density at radius 1 is 1.12 bits per heavy atom. The van der Waals surface area contributed by atoms with Crippen LogP contribution < -0.4 is 0 Å². The average molecular weight is 225 g/mol. The van der Waals surface area contributed by atoms with Crippen molar-refractivity contribution in [2.75, 3.05) is 0 Å². The number of H-pyrrole nitrogens is 1. The second-order valence-corrected chi connectivity index (χ2v) is 3.85. The molecule has 0 bridgehead atoms. The standard InChI is InChI=1S/C13H11N3O/c1-9-2-4-10(5-3-9)11-8-15-12(16-11)13-14-6-7-17-13/h2-8H,1H3,(H,15,16). The molecule has 2 heterocycles. The number of nitrogens with one attached hydrogen (secondary N) is 1. The summed E-state index contributed by atoms with van der Waals surface area (Å²) in [7, 11) is 0. The van der Waals surface area contributed by atoms with Crippen LogP contribution in [0.4, 0.5) is 0 Å². The Morgan fingerprint density at radius 3 is 2.65 bits per heavy atom. The molecule has 0 spiro atoms. The fraction of sp³-hybridized carbons (Fsp3) is 0.0769. The van der Waals surface area contributed by atoms with Gasteiger partial charge in [-0.05, 0) is 12.5 Å². The topological polar surface area (TPSA) is 54.7 Å². The van der Waals surface area contributed by atoms with E-state index >= 15 is 0 Å². The molecule has 3 rings (SSSR count). The Kier molecular flexibility index (Phi) is 2.26. The number of rotatable bonds is 2. The third kappa shape index (κ3) is 1.85. The molecule has 0 amide bonds. The highest BCUT2D eigenvalue weighted by Crippen LogP contribution is 2.21. The average Bonchev–Trinajstić information content (AvgIpc) is 3.00. The van der Waals surface area contributed by atoms with Gasteiger partial charge in [-0.25, -0.2) is 9.97 Å². The lowest BCUT2D eigenvalue weighted by Gasteiger charge is -1.97. The highest BCUT2D eigenvalue weighted by molar-refractivity contribution is 5.61. The Labute approximate surface area is 98.4 Å². The number of oxazole rings is 1. The Balaban J connectivity index is 1.98. The van der Waals surface area contributed by atoms with Gasteiger partial charge >= 0.3 is 0 Å². The molecule has 0 aliphatic heterocycles. The predicted molar refractivity (Wildman–Crippen MR) is 64.3 cm³/mol. The first kappa shape index (κ1) is 9.84. The van der Waals surface area contributed by atoms with Crippen molar-refractivity contribution in [2.45, 2.75) is 6.92 Å². The van der Waals surface area contributed by atoms with E-state index in [4.69, 9.17) is 4.42 Å². The van der Waals surface area contributed by atoms with E-state index in [-0.39, 0.29) is 0 Å². The molecule has 0 saturated carbocycles. The minimum absolute atomic E-state index is 0.503. The number of benzene rings is 1. The van der Waals surface area contributed by atoms with Gasteiger partial charge in [-0.1, -0.05) is 29.8 Å². The molecule has 1 aromatic carbocycles. The summed E-state index contributed by atoms with van der Waals surface area (Å²) >= 11 is 0. The molecule has 1 N–H and O–H groups in total. The first-order valence-electron chi connectivity index (χ1n) is 5.35. The molecule has 17 heavy (non-hydrogen) atoms. The summed E-state index contributed by atoms with van der Waals surface area (Å²) in [5.74, 6) is 1.15.